The summed E-state index contributed by atoms with van der Waals surface area (Å²) >= 11 is 3.83. The Morgan fingerprint density at radius 3 is 1.30 bits per heavy atom. The molecule has 2 N–H and O–H groups in total. The molecule has 0 aliphatic carbocycles. The lowest BCUT2D eigenvalue weighted by Crippen LogP contribution is -2.52. The molecular weight excluding hydrogens is 522 g/mol. The summed E-state index contributed by atoms with van der Waals surface area (Å²) in [6, 6.07) is 44.2. The summed E-state index contributed by atoms with van der Waals surface area (Å²) in [7, 11) is 0. The van der Waals surface area contributed by atoms with Gasteiger partial charge in [0.25, 0.3) is 0 Å². The smallest absolute Gasteiger partial charge is 0.323 e. The van der Waals surface area contributed by atoms with Crippen LogP contribution < -0.4 is 32.3 Å². The summed E-state index contributed by atoms with van der Waals surface area (Å²) in [5.74, 6) is 0. The normalized spacial score (nSPS) is 13.3. The zero-order valence-electron chi connectivity index (χ0n) is 21.5. The molecular formula is C34H22B2N2S2. The van der Waals surface area contributed by atoms with Gasteiger partial charge in [0.1, 0.15) is 0 Å². The highest BCUT2D eigenvalue weighted by molar-refractivity contribution is 7.26. The van der Waals surface area contributed by atoms with E-state index in [1.165, 1.54) is 74.3 Å². The van der Waals surface area contributed by atoms with Crippen molar-refractivity contribution in [1.29, 1.82) is 0 Å². The fourth-order valence-electron chi connectivity index (χ4n) is 6.56. The van der Waals surface area contributed by atoms with E-state index in [4.69, 9.17) is 0 Å². The molecule has 0 bridgehead atoms. The molecule has 0 radical (unpaired) electrons. The van der Waals surface area contributed by atoms with Crippen LogP contribution in [0.5, 0.6) is 0 Å². The van der Waals surface area contributed by atoms with Gasteiger partial charge in [-0.3, -0.25) is 0 Å². The lowest BCUT2D eigenvalue weighted by molar-refractivity contribution is 1.59. The number of fused-ring (bicyclic) bond motifs is 10. The van der Waals surface area contributed by atoms with Crippen molar-refractivity contribution in [2.45, 2.75) is 0 Å². The largest absolute Gasteiger partial charge is 0.420 e. The number of hydrogen-bond donors (Lipinski definition) is 2. The minimum Gasteiger partial charge on any atom is -0.420 e. The maximum Gasteiger partial charge on any atom is 0.323 e. The molecule has 0 amide bonds. The Morgan fingerprint density at radius 2 is 0.850 bits per heavy atom. The number of benzene rings is 5. The van der Waals surface area contributed by atoms with Crippen molar-refractivity contribution in [3.63, 3.8) is 0 Å². The molecule has 2 aliphatic rings. The highest BCUT2D eigenvalue weighted by Crippen LogP contribution is 2.47. The zero-order valence-corrected chi connectivity index (χ0v) is 23.2. The van der Waals surface area contributed by atoms with Gasteiger partial charge in [0.15, 0.2) is 0 Å². The molecule has 0 saturated carbocycles. The van der Waals surface area contributed by atoms with Gasteiger partial charge in [-0.15, -0.1) is 22.7 Å². The first kappa shape index (κ1) is 22.6. The Hall–Kier alpha value is -4.25. The highest BCUT2D eigenvalue weighted by Gasteiger charge is 2.37. The Balaban J connectivity index is 1.30. The topological polar surface area (TPSA) is 24.1 Å². The second kappa shape index (κ2) is 8.62. The third-order valence-electron chi connectivity index (χ3n) is 8.36. The molecule has 4 heterocycles. The Bertz CT molecular complexity index is 1930. The third kappa shape index (κ3) is 3.24. The summed E-state index contributed by atoms with van der Waals surface area (Å²) in [4.78, 5) is 2.73. The van der Waals surface area contributed by atoms with Crippen LogP contribution in [0.15, 0.2) is 121 Å². The van der Waals surface area contributed by atoms with Gasteiger partial charge in [0, 0.05) is 41.7 Å². The minimum atomic E-state index is 0.105. The molecule has 0 spiro atoms. The number of rotatable bonds is 2. The van der Waals surface area contributed by atoms with E-state index in [1.54, 1.807) is 0 Å². The van der Waals surface area contributed by atoms with Gasteiger partial charge in [-0.1, -0.05) is 108 Å². The molecule has 2 nitrogen and oxygen atoms in total. The SMILES string of the molecule is c1ccc(B2Nc3cc4c(cc3-c3sc5ccccc5c32)NB(c2ccccc2)c2c-4sc3ccccc23)cc1. The zero-order chi connectivity index (χ0) is 26.2. The molecule has 0 saturated heterocycles. The van der Waals surface area contributed by atoms with E-state index >= 15 is 0 Å². The summed E-state index contributed by atoms with van der Waals surface area (Å²) < 4.78 is 2.67. The number of thiophene rings is 2. The Labute approximate surface area is 241 Å². The predicted octanol–water partition coefficient (Wildman–Crippen LogP) is 6.51. The molecule has 9 rings (SSSR count). The van der Waals surface area contributed by atoms with Crippen LogP contribution in [0.3, 0.4) is 0 Å². The second-order valence-corrected chi connectivity index (χ2v) is 12.7. The quantitative estimate of drug-likeness (QED) is 0.243. The van der Waals surface area contributed by atoms with Crippen LogP contribution in [0.4, 0.5) is 11.4 Å². The van der Waals surface area contributed by atoms with Gasteiger partial charge in [-0.2, -0.15) is 0 Å². The van der Waals surface area contributed by atoms with Crippen LogP contribution in [0.1, 0.15) is 0 Å². The molecule has 2 aliphatic heterocycles. The molecule has 0 fully saturated rings. The van der Waals surface area contributed by atoms with Crippen LogP contribution in [-0.2, 0) is 0 Å². The first-order chi connectivity index (χ1) is 19.8. The molecule has 7 aromatic rings. The van der Waals surface area contributed by atoms with Crippen LogP contribution in [-0.4, -0.2) is 13.7 Å². The summed E-state index contributed by atoms with van der Waals surface area (Å²) in [6.07, 6.45) is 0. The van der Waals surface area contributed by atoms with E-state index in [2.05, 4.69) is 132 Å². The van der Waals surface area contributed by atoms with E-state index in [1.807, 2.05) is 22.7 Å². The minimum absolute atomic E-state index is 0.105. The van der Waals surface area contributed by atoms with Gasteiger partial charge < -0.3 is 10.5 Å². The summed E-state index contributed by atoms with van der Waals surface area (Å²) in [6.45, 7) is 0.210. The highest BCUT2D eigenvalue weighted by atomic mass is 32.1. The maximum absolute atomic E-state index is 3.99. The van der Waals surface area contributed by atoms with E-state index in [-0.39, 0.29) is 13.7 Å². The van der Waals surface area contributed by atoms with Gasteiger partial charge in [-0.05, 0) is 46.0 Å². The van der Waals surface area contributed by atoms with Crippen molar-refractivity contribution < 1.29 is 0 Å². The van der Waals surface area contributed by atoms with Crippen molar-refractivity contribution >= 4 is 89.8 Å². The predicted molar refractivity (Wildman–Crippen MR) is 178 cm³/mol. The van der Waals surface area contributed by atoms with Crippen molar-refractivity contribution in [3.8, 4) is 20.9 Å². The summed E-state index contributed by atoms with van der Waals surface area (Å²) in [5.41, 5.74) is 10.3. The standard InChI is InChI=1S/C34H22B2N2S2/c1-3-11-21(12-4-1)35-31-23-15-7-9-17-29(23)39-33(31)25-20-28-26(19-27(25)37-35)34-32(24-16-8-10-18-30(24)40-34)36(38-28)22-13-5-2-6-14-22/h1-20,37-38H. The van der Waals surface area contributed by atoms with Crippen LogP contribution in [0.25, 0.3) is 41.1 Å². The van der Waals surface area contributed by atoms with Gasteiger partial charge in [-0.25, -0.2) is 0 Å². The second-order valence-electron chi connectivity index (χ2n) is 10.6. The van der Waals surface area contributed by atoms with Crippen LogP contribution >= 0.6 is 22.7 Å². The van der Waals surface area contributed by atoms with E-state index in [9.17, 15) is 0 Å². The molecule has 0 atom stereocenters. The average molecular weight is 544 g/mol. The lowest BCUT2D eigenvalue weighted by Gasteiger charge is -2.31. The number of hydrogen-bond acceptors (Lipinski definition) is 4. The van der Waals surface area contributed by atoms with Gasteiger partial charge in [0.05, 0.1) is 0 Å². The monoisotopic (exact) mass is 544 g/mol. The molecule has 2 aromatic heterocycles. The molecule has 5 aromatic carbocycles. The number of nitrogens with one attached hydrogen (secondary N) is 2. The Kier molecular flexibility index (Phi) is 4.86. The van der Waals surface area contributed by atoms with E-state index < -0.39 is 0 Å². The van der Waals surface area contributed by atoms with Crippen molar-refractivity contribution in [1.82, 2.24) is 0 Å². The maximum atomic E-state index is 3.99. The average Bonchev–Trinajstić information content (AvgIpc) is 3.60. The Morgan fingerprint density at radius 1 is 0.450 bits per heavy atom. The fraction of sp³-hybridized carbons (Fsp3) is 0. The molecule has 0 unspecified atom stereocenters. The van der Waals surface area contributed by atoms with E-state index in [0.29, 0.717) is 0 Å². The number of anilines is 2. The van der Waals surface area contributed by atoms with Crippen molar-refractivity contribution in [2.75, 3.05) is 10.5 Å². The fourth-order valence-corrected chi connectivity index (χ4v) is 9.11. The van der Waals surface area contributed by atoms with Gasteiger partial charge in [0.2, 0.25) is 0 Å². The third-order valence-corrected chi connectivity index (χ3v) is 10.8. The van der Waals surface area contributed by atoms with Crippen LogP contribution in [0, 0.1) is 0 Å². The van der Waals surface area contributed by atoms with Crippen molar-refractivity contribution in [3.05, 3.63) is 121 Å². The first-order valence-electron chi connectivity index (χ1n) is 13.7. The van der Waals surface area contributed by atoms with Crippen molar-refractivity contribution in [2.24, 2.45) is 0 Å². The first-order valence-corrected chi connectivity index (χ1v) is 15.3. The summed E-state index contributed by atoms with van der Waals surface area (Å²) in [5, 5.41) is 10.7. The molecule has 40 heavy (non-hydrogen) atoms. The van der Waals surface area contributed by atoms with Gasteiger partial charge >= 0.3 is 13.7 Å². The van der Waals surface area contributed by atoms with Crippen LogP contribution in [0.2, 0.25) is 0 Å². The molecule has 186 valence electrons. The lowest BCUT2D eigenvalue weighted by atomic mass is 9.47. The van der Waals surface area contributed by atoms with E-state index in [0.717, 1.165) is 0 Å². The molecule has 6 heteroatoms.